The Hall–Kier alpha value is -1.80. The molecule has 0 aromatic heterocycles. The Kier molecular flexibility index (Phi) is 4.23. The molecule has 0 unspecified atom stereocenters. The molecule has 2 rings (SSSR count). The molecule has 0 atom stereocenters. The second kappa shape index (κ2) is 5.89. The summed E-state index contributed by atoms with van der Waals surface area (Å²) in [4.78, 5) is 11.2. The van der Waals surface area contributed by atoms with Gasteiger partial charge in [0.2, 0.25) is 5.91 Å². The Balaban J connectivity index is 2.29. The van der Waals surface area contributed by atoms with Gasteiger partial charge in [-0.3, -0.25) is 4.79 Å². The fraction of sp³-hybridized carbons (Fsp3) is 0.188. The summed E-state index contributed by atoms with van der Waals surface area (Å²) in [5.41, 5.74) is 9.45. The Morgan fingerprint density at radius 3 is 2.37 bits per heavy atom. The van der Waals surface area contributed by atoms with E-state index < -0.39 is 0 Å². The Labute approximate surface area is 118 Å². The molecular formula is C16H16ClNO. The van der Waals surface area contributed by atoms with Crippen LogP contribution in [0.1, 0.15) is 34.0 Å². The van der Waals surface area contributed by atoms with Crippen molar-refractivity contribution in [1.29, 1.82) is 0 Å². The van der Waals surface area contributed by atoms with E-state index in [0.29, 0.717) is 5.56 Å². The second-order valence-electron chi connectivity index (χ2n) is 4.50. The van der Waals surface area contributed by atoms with Gasteiger partial charge in [0.25, 0.3) is 0 Å². The third-order valence-electron chi connectivity index (χ3n) is 3.18. The minimum atomic E-state index is -0.382. The average Bonchev–Trinajstić information content (AvgIpc) is 2.41. The van der Waals surface area contributed by atoms with Crippen molar-refractivity contribution in [2.45, 2.75) is 19.8 Å². The highest BCUT2D eigenvalue weighted by molar-refractivity contribution is 6.30. The van der Waals surface area contributed by atoms with E-state index >= 15 is 0 Å². The second-order valence-corrected chi connectivity index (χ2v) is 4.94. The highest BCUT2D eigenvalue weighted by Crippen LogP contribution is 2.18. The van der Waals surface area contributed by atoms with Crippen molar-refractivity contribution in [2.75, 3.05) is 0 Å². The number of primary amides is 1. The zero-order valence-electron chi connectivity index (χ0n) is 10.8. The molecule has 0 aliphatic heterocycles. The molecule has 0 radical (unpaired) electrons. The maximum Gasteiger partial charge on any atom is 0.248 e. The number of benzene rings is 2. The van der Waals surface area contributed by atoms with Gasteiger partial charge in [-0.05, 0) is 53.8 Å². The third kappa shape index (κ3) is 3.36. The topological polar surface area (TPSA) is 43.1 Å². The molecule has 0 saturated carbocycles. The molecule has 0 fully saturated rings. The standard InChI is InChI=1S/C16H16ClNO/c1-2-12-10-14(16(18)19)6-5-13(12)9-11-3-7-15(17)8-4-11/h3-8,10H,2,9H2,1H3,(H2,18,19). The fourth-order valence-electron chi connectivity index (χ4n) is 2.10. The smallest absolute Gasteiger partial charge is 0.248 e. The monoisotopic (exact) mass is 273 g/mol. The minimum absolute atomic E-state index is 0.382. The Morgan fingerprint density at radius 1 is 1.11 bits per heavy atom. The maximum absolute atomic E-state index is 11.2. The van der Waals surface area contributed by atoms with Crippen molar-refractivity contribution in [1.82, 2.24) is 0 Å². The summed E-state index contributed by atoms with van der Waals surface area (Å²) in [6, 6.07) is 13.5. The molecule has 2 N–H and O–H groups in total. The van der Waals surface area contributed by atoms with Crippen LogP contribution in [0.5, 0.6) is 0 Å². The fourth-order valence-corrected chi connectivity index (χ4v) is 2.23. The average molecular weight is 274 g/mol. The van der Waals surface area contributed by atoms with Crippen molar-refractivity contribution in [3.63, 3.8) is 0 Å². The highest BCUT2D eigenvalue weighted by atomic mass is 35.5. The van der Waals surface area contributed by atoms with E-state index in [1.54, 1.807) is 6.07 Å². The number of carbonyl (C=O) groups excluding carboxylic acids is 1. The molecule has 2 aromatic carbocycles. The summed E-state index contributed by atoms with van der Waals surface area (Å²) in [5.74, 6) is -0.382. The molecule has 1 amide bonds. The van der Waals surface area contributed by atoms with E-state index in [1.807, 2.05) is 36.4 Å². The Bertz CT molecular complexity index is 590. The number of hydrogen-bond donors (Lipinski definition) is 1. The van der Waals surface area contributed by atoms with Crippen LogP contribution in [0.4, 0.5) is 0 Å². The summed E-state index contributed by atoms with van der Waals surface area (Å²) < 4.78 is 0. The van der Waals surface area contributed by atoms with Gasteiger partial charge in [-0.15, -0.1) is 0 Å². The molecule has 0 bridgehead atoms. The summed E-state index contributed by atoms with van der Waals surface area (Å²) in [6.45, 7) is 2.07. The normalized spacial score (nSPS) is 10.4. The van der Waals surface area contributed by atoms with Gasteiger partial charge >= 0.3 is 0 Å². The summed E-state index contributed by atoms with van der Waals surface area (Å²) >= 11 is 5.88. The zero-order valence-corrected chi connectivity index (χ0v) is 11.6. The molecule has 98 valence electrons. The van der Waals surface area contributed by atoms with Crippen LogP contribution < -0.4 is 5.73 Å². The van der Waals surface area contributed by atoms with Gasteiger partial charge in [0.15, 0.2) is 0 Å². The molecule has 19 heavy (non-hydrogen) atoms. The van der Waals surface area contributed by atoms with Gasteiger partial charge in [-0.2, -0.15) is 0 Å². The molecule has 2 aromatic rings. The van der Waals surface area contributed by atoms with Gasteiger partial charge in [0, 0.05) is 10.6 Å². The van der Waals surface area contributed by atoms with Crippen LogP contribution >= 0.6 is 11.6 Å². The molecule has 3 heteroatoms. The summed E-state index contributed by atoms with van der Waals surface area (Å²) in [7, 11) is 0. The van der Waals surface area contributed by atoms with Crippen LogP contribution in [-0.2, 0) is 12.8 Å². The van der Waals surface area contributed by atoms with Crippen molar-refractivity contribution < 1.29 is 4.79 Å². The largest absolute Gasteiger partial charge is 0.366 e. The van der Waals surface area contributed by atoms with E-state index in [1.165, 1.54) is 11.1 Å². The lowest BCUT2D eigenvalue weighted by atomic mass is 9.96. The van der Waals surface area contributed by atoms with Gasteiger partial charge in [0.05, 0.1) is 0 Å². The van der Waals surface area contributed by atoms with Crippen molar-refractivity contribution in [3.05, 3.63) is 69.7 Å². The lowest BCUT2D eigenvalue weighted by Crippen LogP contribution is -2.11. The predicted molar refractivity (Wildman–Crippen MR) is 78.6 cm³/mol. The van der Waals surface area contributed by atoms with Gasteiger partial charge < -0.3 is 5.73 Å². The number of aryl methyl sites for hydroxylation is 1. The lowest BCUT2D eigenvalue weighted by Gasteiger charge is -2.09. The van der Waals surface area contributed by atoms with Crippen molar-refractivity contribution in [3.8, 4) is 0 Å². The number of rotatable bonds is 4. The van der Waals surface area contributed by atoms with E-state index in [2.05, 4.69) is 6.92 Å². The lowest BCUT2D eigenvalue weighted by molar-refractivity contribution is 0.1000. The van der Waals surface area contributed by atoms with Crippen LogP contribution in [-0.4, -0.2) is 5.91 Å². The van der Waals surface area contributed by atoms with Gasteiger partial charge in [0.1, 0.15) is 0 Å². The van der Waals surface area contributed by atoms with Crippen LogP contribution in [0.2, 0.25) is 5.02 Å². The number of halogens is 1. The summed E-state index contributed by atoms with van der Waals surface area (Å²) in [5, 5.41) is 0.739. The van der Waals surface area contributed by atoms with Gasteiger partial charge in [-0.25, -0.2) is 0 Å². The van der Waals surface area contributed by atoms with Crippen LogP contribution in [0.3, 0.4) is 0 Å². The number of nitrogens with two attached hydrogens (primary N) is 1. The number of amides is 1. The van der Waals surface area contributed by atoms with E-state index in [0.717, 1.165) is 23.4 Å². The first-order chi connectivity index (χ1) is 9.10. The van der Waals surface area contributed by atoms with Crippen LogP contribution in [0, 0.1) is 0 Å². The van der Waals surface area contributed by atoms with Crippen LogP contribution in [0.15, 0.2) is 42.5 Å². The summed E-state index contributed by atoms with van der Waals surface area (Å²) in [6.07, 6.45) is 1.71. The molecule has 0 aliphatic rings. The quantitative estimate of drug-likeness (QED) is 0.909. The Morgan fingerprint density at radius 2 is 1.79 bits per heavy atom. The molecule has 0 aliphatic carbocycles. The molecule has 0 saturated heterocycles. The molecule has 0 heterocycles. The molecule has 2 nitrogen and oxygen atoms in total. The third-order valence-corrected chi connectivity index (χ3v) is 3.43. The first-order valence-electron chi connectivity index (χ1n) is 6.26. The van der Waals surface area contributed by atoms with Crippen molar-refractivity contribution >= 4 is 17.5 Å². The SMILES string of the molecule is CCc1cc(C(N)=O)ccc1Cc1ccc(Cl)cc1. The first kappa shape index (κ1) is 13.6. The maximum atomic E-state index is 11.2. The molecule has 0 spiro atoms. The first-order valence-corrected chi connectivity index (χ1v) is 6.64. The molecular weight excluding hydrogens is 258 g/mol. The number of hydrogen-bond acceptors (Lipinski definition) is 1. The number of carbonyl (C=O) groups is 1. The van der Waals surface area contributed by atoms with Crippen LogP contribution in [0.25, 0.3) is 0 Å². The minimum Gasteiger partial charge on any atom is -0.366 e. The van der Waals surface area contributed by atoms with E-state index in [4.69, 9.17) is 17.3 Å². The van der Waals surface area contributed by atoms with E-state index in [9.17, 15) is 4.79 Å². The predicted octanol–water partition coefficient (Wildman–Crippen LogP) is 3.59. The van der Waals surface area contributed by atoms with Crippen molar-refractivity contribution in [2.24, 2.45) is 5.73 Å². The van der Waals surface area contributed by atoms with Gasteiger partial charge in [-0.1, -0.05) is 36.7 Å². The van der Waals surface area contributed by atoms with E-state index in [-0.39, 0.29) is 5.91 Å². The highest BCUT2D eigenvalue weighted by Gasteiger charge is 2.07. The zero-order chi connectivity index (χ0) is 13.8.